The predicted molar refractivity (Wildman–Crippen MR) is 70.4 cm³/mol. The Kier molecular flexibility index (Phi) is 3.96. The van der Waals surface area contributed by atoms with Gasteiger partial charge in [0.1, 0.15) is 10.6 Å². The lowest BCUT2D eigenvalue weighted by atomic mass is 10.2. The first-order chi connectivity index (χ1) is 9.08. The fourth-order valence-corrected chi connectivity index (χ4v) is 2.56. The minimum absolute atomic E-state index is 0.0356. The number of aromatic amines is 1. The highest BCUT2D eigenvalue weighted by atomic mass is 32.2. The van der Waals surface area contributed by atoms with Crippen molar-refractivity contribution in [1.29, 1.82) is 0 Å². The number of aromatic carboxylic acids is 1. The quantitative estimate of drug-likeness (QED) is 0.649. The van der Waals surface area contributed by atoms with Crippen LogP contribution >= 0.6 is 11.8 Å². The van der Waals surface area contributed by atoms with Gasteiger partial charge in [0.15, 0.2) is 0 Å². The van der Waals surface area contributed by atoms with Crippen LogP contribution in [0, 0.1) is 6.92 Å². The fourth-order valence-electron chi connectivity index (χ4n) is 1.55. The van der Waals surface area contributed by atoms with Crippen molar-refractivity contribution in [2.24, 2.45) is 0 Å². The van der Waals surface area contributed by atoms with Gasteiger partial charge in [-0.25, -0.2) is 9.59 Å². The van der Waals surface area contributed by atoms with Crippen molar-refractivity contribution >= 4 is 17.7 Å². The second-order valence-corrected chi connectivity index (χ2v) is 4.77. The van der Waals surface area contributed by atoms with E-state index in [0.29, 0.717) is 11.4 Å². The molecule has 0 atom stereocenters. The monoisotopic (exact) mass is 277 g/mol. The molecule has 0 aromatic carbocycles. The summed E-state index contributed by atoms with van der Waals surface area (Å²) in [6.07, 6.45) is 3.35. The molecule has 2 aromatic heterocycles. The summed E-state index contributed by atoms with van der Waals surface area (Å²) in [5.74, 6) is -0.598. The number of carboxylic acids is 1. The number of hydrogen-bond donors (Lipinski definition) is 2. The molecule has 19 heavy (non-hydrogen) atoms. The maximum atomic E-state index is 11.3. The average Bonchev–Trinajstić information content (AvgIpc) is 2.36. The summed E-state index contributed by atoms with van der Waals surface area (Å²) < 4.78 is 0. The first kappa shape index (κ1) is 13.3. The van der Waals surface area contributed by atoms with Crippen LogP contribution in [0.3, 0.4) is 0 Å². The molecule has 0 aliphatic rings. The van der Waals surface area contributed by atoms with Gasteiger partial charge < -0.3 is 10.1 Å². The smallest absolute Gasteiger partial charge is 0.346 e. The predicted octanol–water partition coefficient (Wildman–Crippen LogP) is 1.46. The molecule has 0 unspecified atom stereocenters. The molecule has 2 rings (SSSR count). The number of aromatic nitrogens is 3. The number of hydrogen-bond acceptors (Lipinski definition) is 5. The van der Waals surface area contributed by atoms with Gasteiger partial charge in [0.05, 0.1) is 0 Å². The summed E-state index contributed by atoms with van der Waals surface area (Å²) in [5.41, 5.74) is 0.731. The number of pyridine rings is 1. The Morgan fingerprint density at radius 1 is 1.53 bits per heavy atom. The number of thioether (sulfide) groups is 1. The molecule has 2 N–H and O–H groups in total. The number of carbonyl (C=O) groups is 1. The zero-order chi connectivity index (χ0) is 13.8. The van der Waals surface area contributed by atoms with Crippen LogP contribution in [-0.4, -0.2) is 26.0 Å². The van der Waals surface area contributed by atoms with Crippen LogP contribution in [0.1, 0.15) is 21.6 Å². The Labute approximate surface area is 112 Å². The lowest BCUT2D eigenvalue weighted by Crippen LogP contribution is -2.18. The molecule has 0 amide bonds. The second kappa shape index (κ2) is 5.66. The van der Waals surface area contributed by atoms with Crippen LogP contribution in [0.2, 0.25) is 0 Å². The van der Waals surface area contributed by atoms with Crippen molar-refractivity contribution in [3.05, 3.63) is 51.8 Å². The van der Waals surface area contributed by atoms with Gasteiger partial charge in [0, 0.05) is 23.8 Å². The van der Waals surface area contributed by atoms with E-state index in [1.807, 2.05) is 6.07 Å². The molecule has 7 heteroatoms. The molecular formula is C12H11N3O3S. The third kappa shape index (κ3) is 3.19. The summed E-state index contributed by atoms with van der Waals surface area (Å²) in [4.78, 5) is 32.6. The minimum Gasteiger partial charge on any atom is -0.478 e. The van der Waals surface area contributed by atoms with E-state index in [4.69, 9.17) is 5.11 Å². The Bertz CT molecular complexity index is 655. The number of H-pyrrole nitrogens is 1. The SMILES string of the molecule is Cc1[nH]c(=O)nc(SCc2cccnc2)c1C(=O)O. The molecule has 2 heterocycles. The second-order valence-electron chi connectivity index (χ2n) is 3.80. The first-order valence-corrected chi connectivity index (χ1v) is 6.42. The van der Waals surface area contributed by atoms with Crippen molar-refractivity contribution in [2.45, 2.75) is 17.7 Å². The van der Waals surface area contributed by atoms with Crippen LogP contribution in [0.25, 0.3) is 0 Å². The molecule has 0 saturated carbocycles. The third-order valence-corrected chi connectivity index (χ3v) is 3.45. The highest BCUT2D eigenvalue weighted by molar-refractivity contribution is 7.98. The molecule has 0 bridgehead atoms. The van der Waals surface area contributed by atoms with Crippen LogP contribution < -0.4 is 5.69 Å². The van der Waals surface area contributed by atoms with E-state index in [9.17, 15) is 9.59 Å². The molecule has 0 spiro atoms. The summed E-state index contributed by atoms with van der Waals surface area (Å²) in [5, 5.41) is 9.37. The van der Waals surface area contributed by atoms with Gasteiger partial charge in [-0.2, -0.15) is 4.98 Å². The molecule has 0 saturated heterocycles. The molecule has 6 nitrogen and oxygen atoms in total. The lowest BCUT2D eigenvalue weighted by molar-refractivity contribution is 0.0690. The Morgan fingerprint density at radius 3 is 2.95 bits per heavy atom. The van der Waals surface area contributed by atoms with E-state index in [0.717, 1.165) is 5.56 Å². The number of carboxylic acid groups (broad SMARTS) is 1. The van der Waals surface area contributed by atoms with E-state index < -0.39 is 11.7 Å². The number of nitrogens with zero attached hydrogens (tertiary/aromatic N) is 2. The van der Waals surface area contributed by atoms with E-state index in [2.05, 4.69) is 15.0 Å². The van der Waals surface area contributed by atoms with Gasteiger partial charge in [0.25, 0.3) is 0 Å². The van der Waals surface area contributed by atoms with E-state index >= 15 is 0 Å². The molecule has 2 aromatic rings. The van der Waals surface area contributed by atoms with Gasteiger partial charge in [-0.1, -0.05) is 6.07 Å². The zero-order valence-electron chi connectivity index (χ0n) is 10.1. The largest absolute Gasteiger partial charge is 0.478 e. The highest BCUT2D eigenvalue weighted by Gasteiger charge is 2.16. The van der Waals surface area contributed by atoms with Crippen LogP contribution in [0.5, 0.6) is 0 Å². The molecule has 0 aliphatic carbocycles. The zero-order valence-corrected chi connectivity index (χ0v) is 10.9. The minimum atomic E-state index is -1.10. The van der Waals surface area contributed by atoms with Gasteiger partial charge in [-0.3, -0.25) is 4.98 Å². The van der Waals surface area contributed by atoms with Crippen molar-refractivity contribution in [3.8, 4) is 0 Å². The molecule has 0 fully saturated rings. The Morgan fingerprint density at radius 2 is 2.32 bits per heavy atom. The van der Waals surface area contributed by atoms with Gasteiger partial charge in [0.2, 0.25) is 0 Å². The van der Waals surface area contributed by atoms with Crippen molar-refractivity contribution < 1.29 is 9.90 Å². The third-order valence-electron chi connectivity index (χ3n) is 2.40. The number of nitrogens with one attached hydrogen (secondary N) is 1. The number of aryl methyl sites for hydroxylation is 1. The summed E-state index contributed by atoms with van der Waals surface area (Å²) in [6.45, 7) is 1.54. The first-order valence-electron chi connectivity index (χ1n) is 5.44. The van der Waals surface area contributed by atoms with E-state index in [1.165, 1.54) is 11.8 Å². The Balaban J connectivity index is 2.29. The molecular weight excluding hydrogens is 266 g/mol. The summed E-state index contributed by atoms with van der Waals surface area (Å²) in [7, 11) is 0. The van der Waals surface area contributed by atoms with Gasteiger partial charge in [-0.15, -0.1) is 11.8 Å². The highest BCUT2D eigenvalue weighted by Crippen LogP contribution is 2.24. The van der Waals surface area contributed by atoms with Crippen molar-refractivity contribution in [3.63, 3.8) is 0 Å². The number of rotatable bonds is 4. The molecule has 0 radical (unpaired) electrons. The normalized spacial score (nSPS) is 10.4. The standard InChI is InChI=1S/C12H11N3O3S/c1-7-9(11(16)17)10(15-12(18)14-7)19-6-8-3-2-4-13-5-8/h2-5H,6H2,1H3,(H,16,17)(H,14,15,18). The lowest BCUT2D eigenvalue weighted by Gasteiger charge is -2.06. The van der Waals surface area contributed by atoms with E-state index in [-0.39, 0.29) is 10.6 Å². The van der Waals surface area contributed by atoms with Crippen LogP contribution in [0.4, 0.5) is 0 Å². The van der Waals surface area contributed by atoms with Gasteiger partial charge in [-0.05, 0) is 18.6 Å². The molecule has 0 aliphatic heterocycles. The topological polar surface area (TPSA) is 95.9 Å². The van der Waals surface area contributed by atoms with Crippen molar-refractivity contribution in [1.82, 2.24) is 15.0 Å². The van der Waals surface area contributed by atoms with Crippen LogP contribution in [0.15, 0.2) is 34.3 Å². The summed E-state index contributed by atoms with van der Waals surface area (Å²) in [6, 6.07) is 3.67. The van der Waals surface area contributed by atoms with Crippen LogP contribution in [-0.2, 0) is 5.75 Å². The molecule has 98 valence electrons. The van der Waals surface area contributed by atoms with Gasteiger partial charge >= 0.3 is 11.7 Å². The maximum absolute atomic E-state index is 11.3. The summed E-state index contributed by atoms with van der Waals surface area (Å²) >= 11 is 1.20. The van der Waals surface area contributed by atoms with E-state index in [1.54, 1.807) is 25.4 Å². The average molecular weight is 277 g/mol. The fraction of sp³-hybridized carbons (Fsp3) is 0.167. The Hall–Kier alpha value is -2.15. The maximum Gasteiger partial charge on any atom is 0.346 e. The van der Waals surface area contributed by atoms with Crippen molar-refractivity contribution in [2.75, 3.05) is 0 Å².